The number of ether oxygens (including phenoxy) is 2. The van der Waals surface area contributed by atoms with Crippen LogP contribution in [-0.2, 0) is 9.61 Å². The zero-order chi connectivity index (χ0) is 21.3. The summed E-state index contributed by atoms with van der Waals surface area (Å²) >= 11 is 1.25. The zero-order valence-electron chi connectivity index (χ0n) is 16.7. The van der Waals surface area contributed by atoms with Gasteiger partial charge in [-0.2, -0.15) is 10.1 Å². The molecule has 2 aromatic carbocycles. The Morgan fingerprint density at radius 3 is 2.87 bits per heavy atom. The molecule has 158 valence electrons. The highest BCUT2D eigenvalue weighted by Crippen LogP contribution is 2.57. The smallest absolute Gasteiger partial charge is 0.432 e. The van der Waals surface area contributed by atoms with Crippen LogP contribution >= 0.6 is 11.8 Å². The van der Waals surface area contributed by atoms with E-state index in [2.05, 4.69) is 12.0 Å². The van der Waals surface area contributed by atoms with E-state index in [1.807, 2.05) is 24.3 Å². The second kappa shape index (κ2) is 8.26. The number of carbonyl (C=O) groups is 1. The number of halogens is 2. The summed E-state index contributed by atoms with van der Waals surface area (Å²) in [5, 5.41) is 5.99. The average Bonchev–Trinajstić information content (AvgIpc) is 3.13. The summed E-state index contributed by atoms with van der Waals surface area (Å²) in [7, 11) is 0. The van der Waals surface area contributed by atoms with Crippen molar-refractivity contribution >= 4 is 22.9 Å². The van der Waals surface area contributed by atoms with E-state index in [0.29, 0.717) is 12.4 Å². The number of benzene rings is 2. The maximum atomic E-state index is 14.6. The number of hydrogen-bond donors (Lipinski definition) is 0. The molecule has 2 atom stereocenters. The molecule has 0 unspecified atom stereocenters. The maximum absolute atomic E-state index is 14.6. The summed E-state index contributed by atoms with van der Waals surface area (Å²) in [6.45, 7) is 4.32. The minimum Gasteiger partial charge on any atom is -0.493 e. The van der Waals surface area contributed by atoms with Gasteiger partial charge in [-0.3, -0.25) is 0 Å². The van der Waals surface area contributed by atoms with E-state index in [9.17, 15) is 13.6 Å². The lowest BCUT2D eigenvalue weighted by atomic mass is 9.86. The highest BCUT2D eigenvalue weighted by Gasteiger charge is 2.57. The van der Waals surface area contributed by atoms with Crippen molar-refractivity contribution < 1.29 is 23.0 Å². The van der Waals surface area contributed by atoms with Crippen LogP contribution in [0, 0.1) is 17.6 Å². The summed E-state index contributed by atoms with van der Waals surface area (Å²) in [5.74, 6) is -0.654. The molecule has 0 N–H and O–H groups in total. The molecule has 2 aromatic rings. The van der Waals surface area contributed by atoms with Crippen molar-refractivity contribution in [1.82, 2.24) is 5.01 Å². The Labute approximate surface area is 178 Å². The van der Waals surface area contributed by atoms with Crippen molar-refractivity contribution in [2.24, 2.45) is 11.0 Å². The first-order valence-electron chi connectivity index (χ1n) is 9.93. The summed E-state index contributed by atoms with van der Waals surface area (Å²) < 4.78 is 39.7. The third kappa shape index (κ3) is 3.33. The largest absolute Gasteiger partial charge is 0.493 e. The van der Waals surface area contributed by atoms with Crippen LogP contribution < -0.4 is 4.74 Å². The molecular weight excluding hydrogens is 410 g/mol. The van der Waals surface area contributed by atoms with Crippen LogP contribution in [0.4, 0.5) is 13.6 Å². The molecule has 2 heterocycles. The van der Waals surface area contributed by atoms with Crippen LogP contribution in [0.1, 0.15) is 37.8 Å². The monoisotopic (exact) mass is 432 g/mol. The van der Waals surface area contributed by atoms with E-state index in [1.165, 1.54) is 16.8 Å². The molecule has 8 heteroatoms. The molecule has 0 aromatic heterocycles. The number of rotatable bonds is 4. The Kier molecular flexibility index (Phi) is 5.69. The fourth-order valence-corrected chi connectivity index (χ4v) is 5.49. The number of para-hydroxylation sites is 1. The van der Waals surface area contributed by atoms with Gasteiger partial charge in [-0.05, 0) is 37.6 Å². The van der Waals surface area contributed by atoms with Gasteiger partial charge in [0, 0.05) is 17.0 Å². The second-order valence-electron chi connectivity index (χ2n) is 7.13. The number of hydrazone groups is 1. The summed E-state index contributed by atoms with van der Waals surface area (Å²) in [5.41, 5.74) is 0.786. The first-order chi connectivity index (χ1) is 14.5. The third-order valence-corrected chi connectivity index (χ3v) is 6.79. The van der Waals surface area contributed by atoms with E-state index < -0.39 is 22.6 Å². The van der Waals surface area contributed by atoms with Gasteiger partial charge in [0.2, 0.25) is 0 Å². The topological polar surface area (TPSA) is 51.1 Å². The molecule has 4 rings (SSSR count). The van der Waals surface area contributed by atoms with Gasteiger partial charge >= 0.3 is 6.09 Å². The van der Waals surface area contributed by atoms with E-state index >= 15 is 0 Å². The Bertz CT molecular complexity index is 1000. The number of fused-ring (bicyclic) bond motifs is 2. The average molecular weight is 432 g/mol. The molecule has 2 aliphatic rings. The third-order valence-electron chi connectivity index (χ3n) is 5.26. The van der Waals surface area contributed by atoms with Crippen molar-refractivity contribution in [1.29, 1.82) is 0 Å². The van der Waals surface area contributed by atoms with E-state index in [-0.39, 0.29) is 23.1 Å². The minimum atomic E-state index is -0.967. The number of amides is 1. The highest BCUT2D eigenvalue weighted by molar-refractivity contribution is 8.15. The van der Waals surface area contributed by atoms with Crippen LogP contribution in [0.25, 0.3) is 0 Å². The molecule has 1 spiro atoms. The van der Waals surface area contributed by atoms with Gasteiger partial charge < -0.3 is 9.47 Å². The van der Waals surface area contributed by atoms with Crippen LogP contribution in [-0.4, -0.2) is 29.4 Å². The lowest BCUT2D eigenvalue weighted by Gasteiger charge is -2.44. The van der Waals surface area contributed by atoms with Gasteiger partial charge in [-0.25, -0.2) is 13.6 Å². The van der Waals surface area contributed by atoms with Crippen LogP contribution in [0.2, 0.25) is 0 Å². The van der Waals surface area contributed by atoms with Crippen molar-refractivity contribution in [3.63, 3.8) is 0 Å². The Morgan fingerprint density at radius 2 is 2.10 bits per heavy atom. The summed E-state index contributed by atoms with van der Waals surface area (Å²) in [4.78, 5) is 12.0. The number of nitrogens with zero attached hydrogens (tertiary/aromatic N) is 2. The SMILES string of the molecule is CCC[C@@H]1COc2ccccc2[C@@]12SC(c1cc(F)ccc1F)=NN2C(=O)OCC. The van der Waals surface area contributed by atoms with Gasteiger partial charge in [0.25, 0.3) is 0 Å². The van der Waals surface area contributed by atoms with Gasteiger partial charge in [0.15, 0.2) is 4.87 Å². The molecule has 0 bridgehead atoms. The molecule has 5 nitrogen and oxygen atoms in total. The standard InChI is InChI=1S/C22H22F2N2O3S/c1-3-7-14-13-29-19-9-6-5-8-17(19)22(14)26(21(27)28-4-2)25-20(30-22)16-12-15(23)10-11-18(16)24/h5-6,8-12,14H,3-4,7,13H2,1-2H3/t14-,22+/m1/s1. The molecule has 0 aliphatic carbocycles. The first kappa shape index (κ1) is 20.7. The van der Waals surface area contributed by atoms with Crippen LogP contribution in [0.3, 0.4) is 0 Å². The quantitative estimate of drug-likeness (QED) is 0.641. The molecule has 30 heavy (non-hydrogen) atoms. The molecule has 0 saturated carbocycles. The highest BCUT2D eigenvalue weighted by atomic mass is 32.2. The number of hydrogen-bond acceptors (Lipinski definition) is 5. The van der Waals surface area contributed by atoms with Crippen molar-refractivity contribution in [3.8, 4) is 5.75 Å². The fraction of sp³-hybridized carbons (Fsp3) is 0.364. The lowest BCUT2D eigenvalue weighted by Crippen LogP contribution is -2.51. The van der Waals surface area contributed by atoms with Crippen molar-refractivity contribution in [3.05, 3.63) is 65.2 Å². The Hall–Kier alpha value is -2.61. The summed E-state index contributed by atoms with van der Waals surface area (Å²) in [6.07, 6.45) is 0.986. The molecule has 0 fully saturated rings. The van der Waals surface area contributed by atoms with E-state index in [4.69, 9.17) is 9.47 Å². The normalized spacial score (nSPS) is 22.5. The molecule has 2 aliphatic heterocycles. The maximum Gasteiger partial charge on any atom is 0.432 e. The number of carbonyl (C=O) groups excluding carboxylic acids is 1. The van der Waals surface area contributed by atoms with Gasteiger partial charge in [0.1, 0.15) is 22.4 Å². The molecular formula is C22H22F2N2O3S. The second-order valence-corrected chi connectivity index (χ2v) is 8.34. The molecule has 0 radical (unpaired) electrons. The predicted octanol–water partition coefficient (Wildman–Crippen LogP) is 5.49. The summed E-state index contributed by atoms with van der Waals surface area (Å²) in [6, 6.07) is 10.7. The minimum absolute atomic E-state index is 0.0189. The van der Waals surface area contributed by atoms with Crippen molar-refractivity contribution in [2.75, 3.05) is 13.2 Å². The lowest BCUT2D eigenvalue weighted by molar-refractivity contribution is 0.0387. The van der Waals surface area contributed by atoms with Crippen LogP contribution in [0.5, 0.6) is 5.75 Å². The van der Waals surface area contributed by atoms with E-state index in [0.717, 1.165) is 36.6 Å². The molecule has 1 amide bonds. The van der Waals surface area contributed by atoms with E-state index in [1.54, 1.807) is 6.92 Å². The van der Waals surface area contributed by atoms with Gasteiger partial charge in [-0.1, -0.05) is 43.3 Å². The van der Waals surface area contributed by atoms with Gasteiger partial charge in [0.05, 0.1) is 13.2 Å². The predicted molar refractivity (Wildman–Crippen MR) is 111 cm³/mol. The Balaban J connectivity index is 1.90. The molecule has 0 saturated heterocycles. The van der Waals surface area contributed by atoms with Crippen molar-refractivity contribution in [2.45, 2.75) is 31.6 Å². The van der Waals surface area contributed by atoms with Crippen LogP contribution in [0.15, 0.2) is 47.6 Å². The van der Waals surface area contributed by atoms with Gasteiger partial charge in [-0.15, -0.1) is 0 Å². The fourth-order valence-electron chi connectivity index (χ4n) is 3.97. The zero-order valence-corrected chi connectivity index (χ0v) is 17.5. The Morgan fingerprint density at radius 1 is 1.30 bits per heavy atom. The first-order valence-corrected chi connectivity index (χ1v) is 10.7. The number of thioether (sulfide) groups is 1.